The van der Waals surface area contributed by atoms with Gasteiger partial charge in [-0.3, -0.25) is 0 Å². The number of hydrogen-bond acceptors (Lipinski definition) is 5. The number of aromatic nitrogens is 4. The standard InChI is InChI=1S/C13H20N6OS/c1-3-17(4-2)13(20)18-7-5-10(6-8-18)11-16-19-9-14-15-12(19)21-11/h9-10H,3-8H2,1-2H3. The molecule has 114 valence electrons. The Morgan fingerprint density at radius 1 is 1.38 bits per heavy atom. The first-order chi connectivity index (χ1) is 10.2. The molecule has 0 spiro atoms. The molecule has 8 heteroatoms. The molecule has 3 heterocycles. The summed E-state index contributed by atoms with van der Waals surface area (Å²) in [6.45, 7) is 7.19. The monoisotopic (exact) mass is 308 g/mol. The van der Waals surface area contributed by atoms with Gasteiger partial charge in [0.25, 0.3) is 0 Å². The minimum Gasteiger partial charge on any atom is -0.325 e. The predicted molar refractivity (Wildman–Crippen MR) is 80.5 cm³/mol. The van der Waals surface area contributed by atoms with Crippen LogP contribution in [0.4, 0.5) is 4.79 Å². The Hall–Kier alpha value is -1.70. The van der Waals surface area contributed by atoms with Crippen molar-refractivity contribution in [3.05, 3.63) is 11.3 Å². The summed E-state index contributed by atoms with van der Waals surface area (Å²) in [5.41, 5.74) is 0. The van der Waals surface area contributed by atoms with Crippen molar-refractivity contribution in [3.8, 4) is 0 Å². The van der Waals surface area contributed by atoms with Crippen LogP contribution in [-0.2, 0) is 0 Å². The van der Waals surface area contributed by atoms with Gasteiger partial charge in [0.1, 0.15) is 11.3 Å². The molecule has 1 saturated heterocycles. The summed E-state index contributed by atoms with van der Waals surface area (Å²) >= 11 is 1.60. The Morgan fingerprint density at radius 2 is 2.10 bits per heavy atom. The molecule has 0 unspecified atom stereocenters. The number of carbonyl (C=O) groups is 1. The van der Waals surface area contributed by atoms with Crippen LogP contribution in [0.25, 0.3) is 4.96 Å². The second-order valence-electron chi connectivity index (χ2n) is 5.21. The van der Waals surface area contributed by atoms with Gasteiger partial charge in [-0.2, -0.15) is 9.61 Å². The van der Waals surface area contributed by atoms with E-state index in [4.69, 9.17) is 0 Å². The van der Waals surface area contributed by atoms with Crippen molar-refractivity contribution in [2.75, 3.05) is 26.2 Å². The van der Waals surface area contributed by atoms with Gasteiger partial charge in [-0.25, -0.2) is 4.79 Å². The minimum absolute atomic E-state index is 0.164. The maximum atomic E-state index is 12.3. The summed E-state index contributed by atoms with van der Waals surface area (Å²) in [6.07, 6.45) is 3.57. The third-order valence-corrected chi connectivity index (χ3v) is 5.13. The molecular weight excluding hydrogens is 288 g/mol. The lowest BCUT2D eigenvalue weighted by Gasteiger charge is -2.34. The molecule has 2 amide bonds. The molecule has 1 fully saturated rings. The van der Waals surface area contributed by atoms with Crippen molar-refractivity contribution in [1.29, 1.82) is 0 Å². The summed E-state index contributed by atoms with van der Waals surface area (Å²) in [6, 6.07) is 0.164. The van der Waals surface area contributed by atoms with Crippen LogP contribution in [0.3, 0.4) is 0 Å². The van der Waals surface area contributed by atoms with E-state index >= 15 is 0 Å². The maximum absolute atomic E-state index is 12.3. The Morgan fingerprint density at radius 3 is 2.71 bits per heavy atom. The summed E-state index contributed by atoms with van der Waals surface area (Å²) in [5, 5.41) is 13.5. The van der Waals surface area contributed by atoms with Crippen molar-refractivity contribution in [1.82, 2.24) is 29.6 Å². The van der Waals surface area contributed by atoms with Crippen molar-refractivity contribution in [2.45, 2.75) is 32.6 Å². The molecule has 3 rings (SSSR count). The largest absolute Gasteiger partial charge is 0.325 e. The van der Waals surface area contributed by atoms with Gasteiger partial charge < -0.3 is 9.80 Å². The first-order valence-electron chi connectivity index (χ1n) is 7.43. The van der Waals surface area contributed by atoms with Crippen LogP contribution < -0.4 is 0 Å². The molecule has 0 radical (unpaired) electrons. The number of likely N-dealkylation sites (tertiary alicyclic amines) is 1. The number of urea groups is 1. The SMILES string of the molecule is CCN(CC)C(=O)N1CCC(c2nn3cnnc3s2)CC1. The molecule has 0 saturated carbocycles. The molecular formula is C13H20N6OS. The van der Waals surface area contributed by atoms with Gasteiger partial charge in [0.15, 0.2) is 0 Å². The number of fused-ring (bicyclic) bond motifs is 1. The molecule has 2 aromatic rings. The molecule has 7 nitrogen and oxygen atoms in total. The van der Waals surface area contributed by atoms with Crippen molar-refractivity contribution < 1.29 is 4.79 Å². The second-order valence-corrected chi connectivity index (χ2v) is 6.20. The molecule has 0 aliphatic carbocycles. The lowest BCUT2D eigenvalue weighted by Crippen LogP contribution is -2.46. The predicted octanol–water partition coefficient (Wildman–Crippen LogP) is 1.83. The van der Waals surface area contributed by atoms with Gasteiger partial charge in [-0.1, -0.05) is 11.3 Å². The minimum atomic E-state index is 0.164. The van der Waals surface area contributed by atoms with Gasteiger partial charge >= 0.3 is 6.03 Å². The first-order valence-corrected chi connectivity index (χ1v) is 8.25. The Kier molecular flexibility index (Phi) is 4.05. The zero-order valence-corrected chi connectivity index (χ0v) is 13.2. The first kappa shape index (κ1) is 14.2. The van der Waals surface area contributed by atoms with Crippen LogP contribution >= 0.6 is 11.3 Å². The summed E-state index contributed by atoms with van der Waals surface area (Å²) in [5.74, 6) is 0.428. The smallest absolute Gasteiger partial charge is 0.319 e. The van der Waals surface area contributed by atoms with E-state index in [1.54, 1.807) is 22.2 Å². The third-order valence-electron chi connectivity index (χ3n) is 4.05. The second kappa shape index (κ2) is 5.97. The molecule has 1 aliphatic rings. The highest BCUT2D eigenvalue weighted by atomic mass is 32.1. The van der Waals surface area contributed by atoms with E-state index in [-0.39, 0.29) is 6.03 Å². The fraction of sp³-hybridized carbons (Fsp3) is 0.692. The van der Waals surface area contributed by atoms with E-state index in [1.807, 2.05) is 23.6 Å². The molecule has 1 aliphatic heterocycles. The number of piperidine rings is 1. The molecule has 0 N–H and O–H groups in total. The third kappa shape index (κ3) is 2.72. The number of amides is 2. The molecule has 0 bridgehead atoms. The number of carbonyl (C=O) groups excluding carboxylic acids is 1. The van der Waals surface area contributed by atoms with E-state index < -0.39 is 0 Å². The van der Waals surface area contributed by atoms with E-state index in [0.29, 0.717) is 5.92 Å². The lowest BCUT2D eigenvalue weighted by molar-refractivity contribution is 0.144. The summed E-state index contributed by atoms with van der Waals surface area (Å²) in [4.78, 5) is 17.0. The lowest BCUT2D eigenvalue weighted by atomic mass is 9.98. The van der Waals surface area contributed by atoms with Crippen LogP contribution in [0.2, 0.25) is 0 Å². The fourth-order valence-electron chi connectivity index (χ4n) is 2.75. The molecule has 21 heavy (non-hydrogen) atoms. The van der Waals surface area contributed by atoms with E-state index in [2.05, 4.69) is 15.3 Å². The Bertz CT molecular complexity index is 582. The highest BCUT2D eigenvalue weighted by Gasteiger charge is 2.28. The maximum Gasteiger partial charge on any atom is 0.319 e. The van der Waals surface area contributed by atoms with Crippen LogP contribution in [-0.4, -0.2) is 61.8 Å². The van der Waals surface area contributed by atoms with Gasteiger partial charge in [-0.05, 0) is 26.7 Å². The van der Waals surface area contributed by atoms with Crippen molar-refractivity contribution in [3.63, 3.8) is 0 Å². The molecule has 0 aromatic carbocycles. The van der Waals surface area contributed by atoms with Gasteiger partial charge in [0.05, 0.1) is 0 Å². The Labute approximate surface area is 127 Å². The van der Waals surface area contributed by atoms with Crippen LogP contribution in [0, 0.1) is 0 Å². The van der Waals surface area contributed by atoms with Gasteiger partial charge in [-0.15, -0.1) is 10.2 Å². The fourth-order valence-corrected chi connectivity index (χ4v) is 3.74. The van der Waals surface area contributed by atoms with Crippen LogP contribution in [0.15, 0.2) is 6.33 Å². The number of nitrogens with zero attached hydrogens (tertiary/aromatic N) is 6. The zero-order valence-electron chi connectivity index (χ0n) is 12.4. The zero-order chi connectivity index (χ0) is 14.8. The normalized spacial score (nSPS) is 16.6. The topological polar surface area (TPSA) is 66.6 Å². The van der Waals surface area contributed by atoms with Gasteiger partial charge in [0, 0.05) is 32.1 Å². The van der Waals surface area contributed by atoms with Crippen molar-refractivity contribution in [2.24, 2.45) is 0 Å². The Balaban J connectivity index is 1.62. The van der Waals surface area contributed by atoms with E-state index in [9.17, 15) is 4.79 Å². The average molecular weight is 308 g/mol. The van der Waals surface area contributed by atoms with Crippen LogP contribution in [0.1, 0.15) is 37.6 Å². The number of hydrogen-bond donors (Lipinski definition) is 0. The van der Waals surface area contributed by atoms with Crippen LogP contribution in [0.5, 0.6) is 0 Å². The summed E-state index contributed by atoms with van der Waals surface area (Å²) < 4.78 is 1.73. The number of rotatable bonds is 3. The quantitative estimate of drug-likeness (QED) is 0.867. The van der Waals surface area contributed by atoms with Gasteiger partial charge in [0.2, 0.25) is 4.96 Å². The molecule has 0 atom stereocenters. The average Bonchev–Trinajstić information content (AvgIpc) is 3.10. The molecule has 2 aromatic heterocycles. The summed E-state index contributed by atoms with van der Waals surface area (Å²) in [7, 11) is 0. The van der Waals surface area contributed by atoms with Crippen molar-refractivity contribution >= 4 is 22.3 Å². The highest BCUT2D eigenvalue weighted by molar-refractivity contribution is 7.16. The van der Waals surface area contributed by atoms with E-state index in [0.717, 1.165) is 49.0 Å². The van der Waals surface area contributed by atoms with E-state index in [1.165, 1.54) is 0 Å². The highest BCUT2D eigenvalue weighted by Crippen LogP contribution is 2.31.